The first-order valence-electron chi connectivity index (χ1n) is 9.20. The number of halogens is 2. The van der Waals surface area contributed by atoms with Gasteiger partial charge in [0.25, 0.3) is 5.95 Å². The van der Waals surface area contributed by atoms with Crippen LogP contribution >= 0.6 is 0 Å². The number of tetrazole rings is 1. The van der Waals surface area contributed by atoms with Gasteiger partial charge in [-0.2, -0.15) is 10.3 Å². The van der Waals surface area contributed by atoms with Crippen molar-refractivity contribution in [2.24, 2.45) is 0 Å². The maximum atomic E-state index is 14.7. The van der Waals surface area contributed by atoms with Crippen molar-refractivity contribution in [1.82, 2.24) is 40.3 Å². The van der Waals surface area contributed by atoms with Gasteiger partial charge in [0.15, 0.2) is 0 Å². The van der Waals surface area contributed by atoms with E-state index in [1.807, 2.05) is 11.8 Å². The number of H-pyrrole nitrogens is 1. The van der Waals surface area contributed by atoms with Crippen molar-refractivity contribution in [3.63, 3.8) is 0 Å². The number of aliphatic hydroxyl groups is 1. The number of aromatic nitrogens is 7. The van der Waals surface area contributed by atoms with Gasteiger partial charge in [0.1, 0.15) is 29.9 Å². The minimum atomic E-state index is -1.65. The van der Waals surface area contributed by atoms with Gasteiger partial charge < -0.3 is 10.0 Å². The monoisotopic (exact) mass is 405 g/mol. The molecule has 0 aliphatic carbocycles. The summed E-state index contributed by atoms with van der Waals surface area (Å²) in [5.74, 6) is -0.986. The van der Waals surface area contributed by atoms with Crippen molar-refractivity contribution in [3.05, 3.63) is 48.1 Å². The number of piperazine rings is 1. The molecular formula is C17H21F2N9O. The second kappa shape index (κ2) is 7.79. The van der Waals surface area contributed by atoms with Crippen LogP contribution in [-0.4, -0.2) is 77.6 Å². The third-order valence-corrected chi connectivity index (χ3v) is 5.44. The molecule has 1 aliphatic heterocycles. The second-order valence-electron chi connectivity index (χ2n) is 7.05. The molecule has 0 unspecified atom stereocenters. The molecule has 3 heterocycles. The van der Waals surface area contributed by atoms with Crippen LogP contribution in [-0.2, 0) is 12.1 Å². The zero-order valence-electron chi connectivity index (χ0n) is 15.8. The molecule has 10 nitrogen and oxygen atoms in total. The SMILES string of the molecule is C[C@@H](N1CCN(c2nn[nH]n2)CC1)[C@](O)(Cn1cncn1)c1ccc(F)cc1F. The fourth-order valence-corrected chi connectivity index (χ4v) is 3.75. The van der Waals surface area contributed by atoms with Gasteiger partial charge >= 0.3 is 0 Å². The highest BCUT2D eigenvalue weighted by Crippen LogP contribution is 2.33. The average molecular weight is 405 g/mol. The summed E-state index contributed by atoms with van der Waals surface area (Å²) in [6.07, 6.45) is 2.79. The number of nitrogens with one attached hydrogen (secondary N) is 1. The summed E-state index contributed by atoms with van der Waals surface area (Å²) in [4.78, 5) is 7.92. The van der Waals surface area contributed by atoms with E-state index in [4.69, 9.17) is 0 Å². The molecule has 0 bridgehead atoms. The number of aromatic amines is 1. The number of benzene rings is 1. The number of nitrogens with zero attached hydrogens (tertiary/aromatic N) is 8. The molecular weight excluding hydrogens is 384 g/mol. The van der Waals surface area contributed by atoms with Crippen LogP contribution in [0, 0.1) is 11.6 Å². The highest BCUT2D eigenvalue weighted by molar-refractivity contribution is 5.29. The van der Waals surface area contributed by atoms with Crippen LogP contribution in [0.5, 0.6) is 0 Å². The molecule has 154 valence electrons. The summed E-state index contributed by atoms with van der Waals surface area (Å²) < 4.78 is 29.6. The van der Waals surface area contributed by atoms with Gasteiger partial charge in [-0.3, -0.25) is 4.90 Å². The smallest absolute Gasteiger partial charge is 0.265 e. The summed E-state index contributed by atoms with van der Waals surface area (Å²) >= 11 is 0. The molecule has 2 N–H and O–H groups in total. The molecule has 2 aromatic heterocycles. The van der Waals surface area contributed by atoms with Crippen LogP contribution in [0.1, 0.15) is 12.5 Å². The molecule has 2 atom stereocenters. The van der Waals surface area contributed by atoms with E-state index >= 15 is 0 Å². The molecule has 0 saturated carbocycles. The Labute approximate surface area is 165 Å². The Morgan fingerprint density at radius 3 is 2.66 bits per heavy atom. The molecule has 1 aromatic carbocycles. The Kier molecular flexibility index (Phi) is 5.20. The summed E-state index contributed by atoms with van der Waals surface area (Å²) in [7, 11) is 0. The van der Waals surface area contributed by atoms with Crippen molar-refractivity contribution in [2.45, 2.75) is 25.1 Å². The predicted molar refractivity (Wildman–Crippen MR) is 97.7 cm³/mol. The van der Waals surface area contributed by atoms with Crippen molar-refractivity contribution < 1.29 is 13.9 Å². The van der Waals surface area contributed by atoms with E-state index in [9.17, 15) is 13.9 Å². The molecule has 1 saturated heterocycles. The van der Waals surface area contributed by atoms with Crippen LogP contribution in [0.25, 0.3) is 0 Å². The van der Waals surface area contributed by atoms with Crippen LogP contribution in [0.3, 0.4) is 0 Å². The van der Waals surface area contributed by atoms with Gasteiger partial charge in [-0.15, -0.1) is 5.10 Å². The van der Waals surface area contributed by atoms with E-state index in [0.717, 1.165) is 12.1 Å². The molecule has 0 spiro atoms. The maximum Gasteiger partial charge on any atom is 0.265 e. The Hall–Kier alpha value is -2.99. The van der Waals surface area contributed by atoms with Crippen molar-refractivity contribution in [1.29, 1.82) is 0 Å². The Morgan fingerprint density at radius 1 is 1.24 bits per heavy atom. The van der Waals surface area contributed by atoms with E-state index in [1.54, 1.807) is 0 Å². The van der Waals surface area contributed by atoms with E-state index in [1.165, 1.54) is 23.4 Å². The molecule has 12 heteroatoms. The molecule has 1 aliphatic rings. The number of anilines is 1. The van der Waals surface area contributed by atoms with Crippen molar-refractivity contribution in [2.75, 3.05) is 31.1 Å². The van der Waals surface area contributed by atoms with Crippen LogP contribution in [0.15, 0.2) is 30.9 Å². The van der Waals surface area contributed by atoms with Crippen LogP contribution < -0.4 is 4.90 Å². The molecule has 29 heavy (non-hydrogen) atoms. The zero-order chi connectivity index (χ0) is 20.4. The van der Waals surface area contributed by atoms with Crippen LogP contribution in [0.2, 0.25) is 0 Å². The molecule has 0 amide bonds. The lowest BCUT2D eigenvalue weighted by Gasteiger charge is -2.44. The standard InChI is InChI=1S/C17H21F2N9O/c1-12(26-4-6-27(7-5-26)16-22-24-25-23-16)17(29,9-28-11-20-10-21-28)14-3-2-13(18)8-15(14)19/h2-3,8,10-12,29H,4-7,9H2,1H3,(H,22,23,24,25)/t12-,17-/m1/s1. The summed E-state index contributed by atoms with van der Waals surface area (Å²) in [5.41, 5.74) is -1.64. The normalized spacial score (nSPS) is 18.6. The second-order valence-corrected chi connectivity index (χ2v) is 7.05. The predicted octanol–water partition coefficient (Wildman–Crippen LogP) is 0.168. The fraction of sp³-hybridized carbons (Fsp3) is 0.471. The van der Waals surface area contributed by atoms with Gasteiger partial charge in [0.2, 0.25) is 0 Å². The fourth-order valence-electron chi connectivity index (χ4n) is 3.75. The maximum absolute atomic E-state index is 14.7. The number of hydrogen-bond acceptors (Lipinski definition) is 8. The highest BCUT2D eigenvalue weighted by atomic mass is 19.1. The van der Waals surface area contributed by atoms with Gasteiger partial charge in [-0.25, -0.2) is 18.4 Å². The van der Waals surface area contributed by atoms with Gasteiger partial charge in [0.05, 0.1) is 6.54 Å². The highest BCUT2D eigenvalue weighted by Gasteiger charge is 2.42. The molecule has 0 radical (unpaired) electrons. The van der Waals surface area contributed by atoms with E-state index in [-0.39, 0.29) is 12.1 Å². The number of hydrogen-bond donors (Lipinski definition) is 2. The Morgan fingerprint density at radius 2 is 2.03 bits per heavy atom. The molecule has 3 aromatic rings. The Bertz CT molecular complexity index is 929. The van der Waals surface area contributed by atoms with Crippen LogP contribution in [0.4, 0.5) is 14.7 Å². The van der Waals surface area contributed by atoms with E-state index in [2.05, 4.69) is 35.6 Å². The lowest BCUT2D eigenvalue weighted by Crippen LogP contribution is -2.57. The Balaban J connectivity index is 1.59. The first-order chi connectivity index (χ1) is 14.0. The first kappa shape index (κ1) is 19.3. The summed E-state index contributed by atoms with van der Waals surface area (Å²) in [6, 6.07) is 2.72. The van der Waals surface area contributed by atoms with E-state index in [0.29, 0.717) is 32.1 Å². The van der Waals surface area contributed by atoms with Gasteiger partial charge in [-0.1, -0.05) is 11.2 Å². The largest absolute Gasteiger partial charge is 0.381 e. The topological polar surface area (TPSA) is 112 Å². The minimum absolute atomic E-state index is 0.0162. The summed E-state index contributed by atoms with van der Waals surface area (Å²) in [5, 5.41) is 29.7. The average Bonchev–Trinajstić information content (AvgIpc) is 3.41. The molecule has 1 fully saturated rings. The minimum Gasteiger partial charge on any atom is -0.381 e. The van der Waals surface area contributed by atoms with Crippen molar-refractivity contribution in [3.8, 4) is 0 Å². The quantitative estimate of drug-likeness (QED) is 0.597. The van der Waals surface area contributed by atoms with E-state index < -0.39 is 23.3 Å². The first-order valence-corrected chi connectivity index (χ1v) is 9.20. The third kappa shape index (κ3) is 3.80. The third-order valence-electron chi connectivity index (χ3n) is 5.44. The molecule has 4 rings (SSSR count). The van der Waals surface area contributed by atoms with Crippen molar-refractivity contribution >= 4 is 5.95 Å². The lowest BCUT2D eigenvalue weighted by molar-refractivity contribution is -0.0650. The lowest BCUT2D eigenvalue weighted by atomic mass is 9.85. The van der Waals surface area contributed by atoms with Gasteiger partial charge in [0, 0.05) is 43.9 Å². The van der Waals surface area contributed by atoms with Gasteiger partial charge in [-0.05, 0) is 18.2 Å². The number of rotatable bonds is 6. The zero-order valence-corrected chi connectivity index (χ0v) is 15.8. The summed E-state index contributed by atoms with van der Waals surface area (Å²) in [6.45, 7) is 4.23.